The fourth-order valence-corrected chi connectivity index (χ4v) is 1.81. The molecule has 0 aromatic carbocycles. The van der Waals surface area contributed by atoms with E-state index in [1.54, 1.807) is 0 Å². The van der Waals surface area contributed by atoms with Gasteiger partial charge in [0.1, 0.15) is 0 Å². The van der Waals surface area contributed by atoms with Gasteiger partial charge in [0.15, 0.2) is 5.82 Å². The van der Waals surface area contributed by atoms with Gasteiger partial charge in [-0.2, -0.15) is 0 Å². The van der Waals surface area contributed by atoms with E-state index >= 15 is 0 Å². The highest BCUT2D eigenvalue weighted by atomic mass is 35.5. The van der Waals surface area contributed by atoms with E-state index in [9.17, 15) is 4.79 Å². The molecule has 1 fully saturated rings. The third-order valence-electron chi connectivity index (χ3n) is 2.45. The molecule has 1 aliphatic heterocycles. The monoisotopic (exact) mass is 229 g/mol. The summed E-state index contributed by atoms with van der Waals surface area (Å²) in [5.74, 6) is 0.687. The van der Waals surface area contributed by atoms with E-state index in [-0.39, 0.29) is 11.1 Å². The molecule has 1 aliphatic rings. The van der Waals surface area contributed by atoms with Crippen LogP contribution in [0.15, 0.2) is 17.2 Å². The minimum Gasteiger partial charge on any atom is -0.379 e. The number of aromatic nitrogens is 2. The molecule has 0 radical (unpaired) electrons. The number of ether oxygens (including phenoxy) is 1. The summed E-state index contributed by atoms with van der Waals surface area (Å²) >= 11 is 5.88. The molecule has 5 nitrogen and oxygen atoms in total. The quantitative estimate of drug-likeness (QED) is 0.745. The van der Waals surface area contributed by atoms with Crippen LogP contribution < -0.4 is 10.9 Å². The Morgan fingerprint density at radius 2 is 2.60 bits per heavy atom. The highest BCUT2D eigenvalue weighted by Crippen LogP contribution is 2.23. The smallest absolute Gasteiger partial charge is 0.290 e. The van der Waals surface area contributed by atoms with Gasteiger partial charge in [-0.3, -0.25) is 4.79 Å². The third-order valence-corrected chi connectivity index (χ3v) is 2.96. The van der Waals surface area contributed by atoms with Crippen LogP contribution in [0.5, 0.6) is 0 Å². The van der Waals surface area contributed by atoms with Crippen molar-refractivity contribution in [1.29, 1.82) is 0 Å². The van der Waals surface area contributed by atoms with Gasteiger partial charge in [-0.05, 0) is 6.42 Å². The first-order chi connectivity index (χ1) is 7.26. The second-order valence-electron chi connectivity index (χ2n) is 3.61. The van der Waals surface area contributed by atoms with Gasteiger partial charge in [0, 0.05) is 24.9 Å². The van der Waals surface area contributed by atoms with Crippen molar-refractivity contribution in [1.82, 2.24) is 9.97 Å². The van der Waals surface area contributed by atoms with Crippen LogP contribution in [0.1, 0.15) is 6.42 Å². The molecule has 0 bridgehead atoms. The van der Waals surface area contributed by atoms with E-state index in [0.29, 0.717) is 24.9 Å². The molecule has 15 heavy (non-hydrogen) atoms. The molecule has 1 saturated heterocycles. The van der Waals surface area contributed by atoms with Gasteiger partial charge < -0.3 is 15.0 Å². The number of hydrogen-bond acceptors (Lipinski definition) is 4. The second-order valence-corrected chi connectivity index (χ2v) is 3.88. The number of nitrogens with zero attached hydrogens (tertiary/aromatic N) is 1. The van der Waals surface area contributed by atoms with Crippen LogP contribution in [0.2, 0.25) is 0 Å². The predicted octanol–water partition coefficient (Wildman–Crippen LogP) is 0.580. The number of H-pyrrole nitrogens is 1. The zero-order chi connectivity index (χ0) is 10.7. The number of rotatable bonds is 3. The molecule has 2 rings (SSSR count). The standard InChI is InChI=1S/C9H12ClN3O2/c10-5-9(1-4-15-6-9)13-7-8(14)12-3-2-11-7/h2-3H,1,4-6H2,(H,11,13)(H,12,14). The van der Waals surface area contributed by atoms with E-state index in [1.807, 2.05) is 0 Å². The summed E-state index contributed by atoms with van der Waals surface area (Å²) in [6, 6.07) is 0. The molecule has 2 heterocycles. The minimum absolute atomic E-state index is 0.242. The summed E-state index contributed by atoms with van der Waals surface area (Å²) in [6.07, 6.45) is 3.81. The number of nitrogens with one attached hydrogen (secondary N) is 2. The Hall–Kier alpha value is -1.07. The summed E-state index contributed by atoms with van der Waals surface area (Å²) < 4.78 is 5.28. The molecular weight excluding hydrogens is 218 g/mol. The van der Waals surface area contributed by atoms with Crippen molar-refractivity contribution < 1.29 is 4.74 Å². The summed E-state index contributed by atoms with van der Waals surface area (Å²) in [7, 11) is 0. The summed E-state index contributed by atoms with van der Waals surface area (Å²) in [6.45, 7) is 1.16. The first-order valence-corrected chi connectivity index (χ1v) is 5.25. The highest BCUT2D eigenvalue weighted by molar-refractivity contribution is 6.18. The lowest BCUT2D eigenvalue weighted by Gasteiger charge is -2.25. The van der Waals surface area contributed by atoms with Crippen molar-refractivity contribution in [3.05, 3.63) is 22.7 Å². The number of halogens is 1. The molecule has 1 aromatic rings. The number of alkyl halides is 1. The molecule has 1 aromatic heterocycles. The normalized spacial score (nSPS) is 25.4. The van der Waals surface area contributed by atoms with Crippen molar-refractivity contribution >= 4 is 17.4 Å². The number of aromatic amines is 1. The molecule has 0 amide bonds. The zero-order valence-electron chi connectivity index (χ0n) is 8.12. The molecule has 1 atom stereocenters. The van der Waals surface area contributed by atoms with Crippen LogP contribution in [0.4, 0.5) is 5.82 Å². The Kier molecular flexibility index (Phi) is 2.93. The van der Waals surface area contributed by atoms with Gasteiger partial charge in [-0.25, -0.2) is 4.98 Å². The Balaban J connectivity index is 2.20. The van der Waals surface area contributed by atoms with Crippen molar-refractivity contribution in [3.8, 4) is 0 Å². The minimum atomic E-state index is -0.358. The Bertz CT molecular complexity index is 387. The first kappa shape index (κ1) is 10.4. The van der Waals surface area contributed by atoms with Crippen LogP contribution in [0.3, 0.4) is 0 Å². The van der Waals surface area contributed by atoms with E-state index < -0.39 is 0 Å². The Morgan fingerprint density at radius 3 is 3.20 bits per heavy atom. The zero-order valence-corrected chi connectivity index (χ0v) is 8.88. The molecule has 0 saturated carbocycles. The number of hydrogen-bond donors (Lipinski definition) is 2. The van der Waals surface area contributed by atoms with Gasteiger partial charge >= 0.3 is 0 Å². The third kappa shape index (κ3) is 2.13. The maximum absolute atomic E-state index is 11.4. The lowest BCUT2D eigenvalue weighted by molar-refractivity contribution is 0.185. The topological polar surface area (TPSA) is 67.0 Å². The van der Waals surface area contributed by atoms with Crippen LogP contribution in [-0.4, -0.2) is 34.6 Å². The second kappa shape index (κ2) is 4.20. The average molecular weight is 230 g/mol. The van der Waals surface area contributed by atoms with Crippen LogP contribution in [-0.2, 0) is 4.74 Å². The SMILES string of the molecule is O=c1[nH]ccnc1NC1(CCl)CCOC1. The van der Waals surface area contributed by atoms with Crippen LogP contribution in [0.25, 0.3) is 0 Å². The van der Waals surface area contributed by atoms with Crippen molar-refractivity contribution in [2.24, 2.45) is 0 Å². The molecule has 0 aliphatic carbocycles. The van der Waals surface area contributed by atoms with E-state index in [0.717, 1.165) is 6.42 Å². The van der Waals surface area contributed by atoms with Crippen LogP contribution in [0, 0.1) is 0 Å². The molecular formula is C9H12ClN3O2. The van der Waals surface area contributed by atoms with Gasteiger partial charge in [-0.15, -0.1) is 11.6 Å². The lowest BCUT2D eigenvalue weighted by Crippen LogP contribution is -2.42. The van der Waals surface area contributed by atoms with Gasteiger partial charge in [0.2, 0.25) is 0 Å². The summed E-state index contributed by atoms with van der Waals surface area (Å²) in [5, 5.41) is 3.06. The highest BCUT2D eigenvalue weighted by Gasteiger charge is 2.34. The molecule has 2 N–H and O–H groups in total. The number of anilines is 1. The van der Waals surface area contributed by atoms with Crippen molar-refractivity contribution in [2.75, 3.05) is 24.4 Å². The van der Waals surface area contributed by atoms with Crippen LogP contribution >= 0.6 is 11.6 Å². The Labute approximate surface area is 91.8 Å². The van der Waals surface area contributed by atoms with Crippen molar-refractivity contribution in [3.63, 3.8) is 0 Å². The molecule has 1 unspecified atom stereocenters. The fraction of sp³-hybridized carbons (Fsp3) is 0.556. The van der Waals surface area contributed by atoms with Crippen molar-refractivity contribution in [2.45, 2.75) is 12.0 Å². The van der Waals surface area contributed by atoms with Gasteiger partial charge in [0.05, 0.1) is 12.1 Å². The lowest BCUT2D eigenvalue weighted by atomic mass is 10.0. The van der Waals surface area contributed by atoms with Gasteiger partial charge in [-0.1, -0.05) is 0 Å². The molecule has 6 heteroatoms. The maximum atomic E-state index is 11.4. The Morgan fingerprint density at radius 1 is 1.73 bits per heavy atom. The maximum Gasteiger partial charge on any atom is 0.290 e. The van der Waals surface area contributed by atoms with E-state index in [4.69, 9.17) is 16.3 Å². The first-order valence-electron chi connectivity index (χ1n) is 4.71. The molecule has 0 spiro atoms. The van der Waals surface area contributed by atoms with Gasteiger partial charge in [0.25, 0.3) is 5.56 Å². The predicted molar refractivity (Wildman–Crippen MR) is 57.4 cm³/mol. The molecule has 82 valence electrons. The summed E-state index contributed by atoms with van der Waals surface area (Å²) in [4.78, 5) is 17.9. The van der Waals surface area contributed by atoms with E-state index in [2.05, 4.69) is 15.3 Å². The largest absolute Gasteiger partial charge is 0.379 e. The average Bonchev–Trinajstić information content (AvgIpc) is 2.71. The fourth-order valence-electron chi connectivity index (χ4n) is 1.54. The summed E-state index contributed by atoms with van der Waals surface area (Å²) in [5.41, 5.74) is -0.600. The van der Waals surface area contributed by atoms with E-state index in [1.165, 1.54) is 12.4 Å².